The first kappa shape index (κ1) is 24.7. The number of amides is 3. The zero-order chi connectivity index (χ0) is 25.8. The molecule has 1 fully saturated rings. The number of thioether (sulfide) groups is 1. The maximum Gasteiger partial charge on any atom is 0.294 e. The van der Waals surface area contributed by atoms with Crippen LogP contribution in [0.5, 0.6) is 0 Å². The van der Waals surface area contributed by atoms with Gasteiger partial charge in [0.15, 0.2) is 5.82 Å². The van der Waals surface area contributed by atoms with E-state index in [9.17, 15) is 19.2 Å². The Labute approximate surface area is 217 Å². The number of anilines is 1. The van der Waals surface area contributed by atoms with Crippen LogP contribution in [0, 0.1) is 0 Å². The summed E-state index contributed by atoms with van der Waals surface area (Å²) < 4.78 is 1.53. The van der Waals surface area contributed by atoms with E-state index in [-0.39, 0.29) is 35.0 Å². The molecule has 11 heteroatoms. The predicted octanol–water partition coefficient (Wildman–Crippen LogP) is 1.99. The normalized spacial score (nSPS) is 18.4. The second-order valence-electron chi connectivity index (χ2n) is 8.90. The Morgan fingerprint density at radius 2 is 1.89 bits per heavy atom. The molecule has 4 heterocycles. The van der Waals surface area contributed by atoms with Crippen LogP contribution in [0.1, 0.15) is 35.0 Å². The van der Waals surface area contributed by atoms with Crippen LogP contribution in [0.15, 0.2) is 59.7 Å². The number of nitrogens with zero attached hydrogens (tertiary/aromatic N) is 3. The largest absolute Gasteiger partial charge is 0.365 e. The fraction of sp³-hybridized carbons (Fsp3) is 0.308. The molecule has 0 radical (unpaired) electrons. The van der Waals surface area contributed by atoms with Gasteiger partial charge in [0.2, 0.25) is 11.8 Å². The van der Waals surface area contributed by atoms with Gasteiger partial charge in [0, 0.05) is 43.3 Å². The molecule has 0 saturated carbocycles. The van der Waals surface area contributed by atoms with Gasteiger partial charge in [0.25, 0.3) is 10.8 Å². The zero-order valence-corrected chi connectivity index (χ0v) is 20.8. The molecular weight excluding hydrogens is 492 g/mol. The van der Waals surface area contributed by atoms with Crippen molar-refractivity contribution in [1.82, 2.24) is 25.2 Å². The summed E-state index contributed by atoms with van der Waals surface area (Å²) in [7, 11) is 0. The van der Waals surface area contributed by atoms with Crippen molar-refractivity contribution in [3.63, 3.8) is 0 Å². The zero-order valence-electron chi connectivity index (χ0n) is 20.0. The first-order valence-electron chi connectivity index (χ1n) is 12.1. The molecule has 3 amide bonds. The average Bonchev–Trinajstić information content (AvgIpc) is 3.48. The Morgan fingerprint density at radius 1 is 1.08 bits per heavy atom. The summed E-state index contributed by atoms with van der Waals surface area (Å²) in [5.74, 6) is -0.329. The van der Waals surface area contributed by atoms with E-state index in [0.717, 1.165) is 34.3 Å². The summed E-state index contributed by atoms with van der Waals surface area (Å²) in [6.07, 6.45) is 5.51. The number of pyridine rings is 1. The highest BCUT2D eigenvalue weighted by Crippen LogP contribution is 2.26. The molecule has 0 aliphatic carbocycles. The molecule has 37 heavy (non-hydrogen) atoms. The second-order valence-corrected chi connectivity index (χ2v) is 10.1. The third-order valence-electron chi connectivity index (χ3n) is 6.51. The van der Waals surface area contributed by atoms with E-state index in [2.05, 4.69) is 25.9 Å². The van der Waals surface area contributed by atoms with Crippen molar-refractivity contribution in [3.8, 4) is 0 Å². The third-order valence-corrected chi connectivity index (χ3v) is 7.49. The Balaban J connectivity index is 1.24. The van der Waals surface area contributed by atoms with Crippen molar-refractivity contribution >= 4 is 34.6 Å². The van der Waals surface area contributed by atoms with Gasteiger partial charge in [-0.1, -0.05) is 42.1 Å². The highest BCUT2D eigenvalue weighted by molar-refractivity contribution is 8.15. The van der Waals surface area contributed by atoms with Gasteiger partial charge in [0.05, 0.1) is 5.25 Å². The van der Waals surface area contributed by atoms with Crippen LogP contribution in [0.3, 0.4) is 0 Å². The molecule has 190 valence electrons. The van der Waals surface area contributed by atoms with Crippen LogP contribution < -0.4 is 21.5 Å². The number of nitrogens with one attached hydrogen (secondary N) is 3. The van der Waals surface area contributed by atoms with Crippen LogP contribution >= 0.6 is 11.8 Å². The van der Waals surface area contributed by atoms with E-state index in [1.807, 2.05) is 42.5 Å². The van der Waals surface area contributed by atoms with Crippen LogP contribution in [0.2, 0.25) is 0 Å². The van der Waals surface area contributed by atoms with E-state index in [0.29, 0.717) is 32.2 Å². The predicted molar refractivity (Wildman–Crippen MR) is 139 cm³/mol. The number of imide groups is 1. The van der Waals surface area contributed by atoms with Crippen LogP contribution in [-0.2, 0) is 35.4 Å². The average molecular weight is 519 g/mol. The van der Waals surface area contributed by atoms with Crippen LogP contribution in [0.4, 0.5) is 10.6 Å². The summed E-state index contributed by atoms with van der Waals surface area (Å²) in [5, 5.41) is 7.52. The van der Waals surface area contributed by atoms with Crippen molar-refractivity contribution in [2.24, 2.45) is 0 Å². The van der Waals surface area contributed by atoms with Gasteiger partial charge >= 0.3 is 0 Å². The lowest BCUT2D eigenvalue weighted by atomic mass is 10.0. The summed E-state index contributed by atoms with van der Waals surface area (Å²) >= 11 is 0.981. The van der Waals surface area contributed by atoms with Gasteiger partial charge < -0.3 is 10.6 Å². The summed E-state index contributed by atoms with van der Waals surface area (Å²) in [6.45, 7) is 0.748. The number of benzene rings is 1. The minimum atomic E-state index is -0.622. The van der Waals surface area contributed by atoms with Crippen molar-refractivity contribution in [3.05, 3.63) is 87.7 Å². The fourth-order valence-corrected chi connectivity index (χ4v) is 5.47. The van der Waals surface area contributed by atoms with Crippen LogP contribution in [-0.4, -0.2) is 43.4 Å². The summed E-state index contributed by atoms with van der Waals surface area (Å²) in [5.41, 5.74) is 3.08. The number of aryl methyl sites for hydroxylation is 1. The summed E-state index contributed by atoms with van der Waals surface area (Å²) in [4.78, 5) is 58.4. The number of carbonyl (C=O) groups is 3. The van der Waals surface area contributed by atoms with Crippen molar-refractivity contribution in [1.29, 1.82) is 0 Å². The Hall–Kier alpha value is -3.99. The number of carbonyl (C=O) groups excluding carboxylic acids is 3. The number of hydrogen-bond acceptors (Lipinski definition) is 8. The highest BCUT2D eigenvalue weighted by Gasteiger charge is 2.33. The van der Waals surface area contributed by atoms with Crippen molar-refractivity contribution in [2.45, 2.75) is 43.5 Å². The monoisotopic (exact) mass is 518 g/mol. The molecule has 2 atom stereocenters. The molecular formula is C26H26N6O4S. The molecule has 3 N–H and O–H groups in total. The smallest absolute Gasteiger partial charge is 0.294 e. The topological polar surface area (TPSA) is 135 Å². The molecule has 0 spiro atoms. The molecule has 1 aromatic carbocycles. The maximum absolute atomic E-state index is 13.2. The molecule has 10 nitrogen and oxygen atoms in total. The van der Waals surface area contributed by atoms with Gasteiger partial charge in [-0.15, -0.1) is 0 Å². The van der Waals surface area contributed by atoms with E-state index >= 15 is 0 Å². The number of rotatable bonds is 9. The van der Waals surface area contributed by atoms with Crippen molar-refractivity contribution < 1.29 is 14.4 Å². The third kappa shape index (κ3) is 5.56. The first-order chi connectivity index (χ1) is 18.0. The molecule has 1 saturated heterocycles. The molecule has 5 rings (SSSR count). The Kier molecular flexibility index (Phi) is 7.31. The molecule has 1 unspecified atom stereocenters. The lowest BCUT2D eigenvalue weighted by Crippen LogP contribution is -2.36. The SMILES string of the molecule is O=C1NC(=O)C(Cc2ccccc2CNC(=O)[C@@H]2CCc3cnc(NCCc4ccccn4)c(=O)n32)S1. The Bertz CT molecular complexity index is 1390. The minimum absolute atomic E-state index is 0.214. The van der Waals surface area contributed by atoms with E-state index < -0.39 is 11.3 Å². The molecule has 2 aliphatic rings. The number of aromatic nitrogens is 3. The quantitative estimate of drug-likeness (QED) is 0.392. The van der Waals surface area contributed by atoms with Gasteiger partial charge in [-0.2, -0.15) is 0 Å². The lowest BCUT2D eigenvalue weighted by Gasteiger charge is -2.17. The van der Waals surface area contributed by atoms with E-state index in [4.69, 9.17) is 0 Å². The fourth-order valence-electron chi connectivity index (χ4n) is 4.62. The van der Waals surface area contributed by atoms with E-state index in [1.54, 1.807) is 12.4 Å². The molecule has 2 aliphatic heterocycles. The van der Waals surface area contributed by atoms with Gasteiger partial charge in [-0.3, -0.25) is 34.0 Å². The van der Waals surface area contributed by atoms with E-state index in [1.165, 1.54) is 4.57 Å². The van der Waals surface area contributed by atoms with Crippen molar-refractivity contribution in [2.75, 3.05) is 11.9 Å². The molecule has 3 aromatic rings. The maximum atomic E-state index is 13.2. The lowest BCUT2D eigenvalue weighted by molar-refractivity contribution is -0.124. The number of hydrogen-bond donors (Lipinski definition) is 3. The summed E-state index contributed by atoms with van der Waals surface area (Å²) in [6, 6.07) is 12.6. The standard InChI is InChI=1S/C26H26N6O4S/c33-23(30-14-17-6-2-1-5-16(17)13-21-24(34)31-26(36)37-21)20-9-8-19-15-29-22(25(35)32(19)20)28-12-10-18-7-3-4-11-27-18/h1-7,11,15,20-21H,8-10,12-14H2,(H,28,29)(H,30,33)(H,31,34,36)/t20-,21?/m0/s1. The van der Waals surface area contributed by atoms with Crippen LogP contribution in [0.25, 0.3) is 0 Å². The second kappa shape index (κ2) is 11.0. The molecule has 0 bridgehead atoms. The van der Waals surface area contributed by atoms with Gasteiger partial charge in [-0.05, 0) is 42.5 Å². The van der Waals surface area contributed by atoms with Gasteiger partial charge in [-0.25, -0.2) is 4.98 Å². The Morgan fingerprint density at radius 3 is 2.65 bits per heavy atom. The van der Waals surface area contributed by atoms with Gasteiger partial charge in [0.1, 0.15) is 6.04 Å². The minimum Gasteiger partial charge on any atom is -0.365 e. The first-order valence-corrected chi connectivity index (χ1v) is 13.0. The highest BCUT2D eigenvalue weighted by atomic mass is 32.2. The number of fused-ring (bicyclic) bond motifs is 1. The molecule has 2 aromatic heterocycles.